The third-order valence-corrected chi connectivity index (χ3v) is 5.28. The average Bonchev–Trinajstić information content (AvgIpc) is 2.68. The fraction of sp³-hybridized carbons (Fsp3) is 0.231. The van der Waals surface area contributed by atoms with Crippen molar-refractivity contribution in [2.75, 3.05) is 0 Å². The maximum absolute atomic E-state index is 12.0. The third-order valence-electron chi connectivity index (χ3n) is 2.71. The molecule has 2 aromatic rings. The fourth-order valence-electron chi connectivity index (χ4n) is 1.59. The lowest BCUT2D eigenvalue weighted by Gasteiger charge is -2.04. The number of aryl methyl sites for hydroxylation is 2. The van der Waals surface area contributed by atoms with E-state index in [0.717, 1.165) is 4.88 Å². The monoisotopic (exact) mass is 281 g/mol. The van der Waals surface area contributed by atoms with Gasteiger partial charge in [0.1, 0.15) is 0 Å². The van der Waals surface area contributed by atoms with E-state index in [1.165, 1.54) is 10.4 Å². The molecule has 5 heteroatoms. The number of nitrogens with one attached hydrogen (secondary N) is 1. The van der Waals surface area contributed by atoms with Crippen molar-refractivity contribution in [2.45, 2.75) is 25.3 Å². The second kappa shape index (κ2) is 5.22. The molecule has 2 rings (SSSR count). The van der Waals surface area contributed by atoms with E-state index in [0.29, 0.717) is 11.4 Å². The Balaban J connectivity index is 2.10. The molecule has 1 N–H and O–H groups in total. The average molecular weight is 281 g/mol. The van der Waals surface area contributed by atoms with E-state index in [4.69, 9.17) is 0 Å². The van der Waals surface area contributed by atoms with Crippen LogP contribution in [0.25, 0.3) is 0 Å². The highest BCUT2D eigenvalue weighted by atomic mass is 32.2. The zero-order valence-corrected chi connectivity index (χ0v) is 11.9. The number of thiophene rings is 1. The molecule has 0 fully saturated rings. The number of rotatable bonds is 4. The zero-order chi connectivity index (χ0) is 13.2. The molecule has 1 aromatic carbocycles. The van der Waals surface area contributed by atoms with Gasteiger partial charge in [-0.25, -0.2) is 13.1 Å². The zero-order valence-electron chi connectivity index (χ0n) is 10.3. The Bertz CT molecular complexity index is 611. The first kappa shape index (κ1) is 13.3. The van der Waals surface area contributed by atoms with Crippen LogP contribution in [0.1, 0.15) is 15.3 Å². The summed E-state index contributed by atoms with van der Waals surface area (Å²) in [6.45, 7) is 4.41. The van der Waals surface area contributed by atoms with Crippen LogP contribution in [-0.2, 0) is 16.6 Å². The van der Waals surface area contributed by atoms with Crippen molar-refractivity contribution in [3.05, 3.63) is 51.7 Å². The van der Waals surface area contributed by atoms with E-state index < -0.39 is 10.0 Å². The summed E-state index contributed by atoms with van der Waals surface area (Å²) in [5.41, 5.74) is 1.20. The van der Waals surface area contributed by atoms with E-state index in [9.17, 15) is 8.42 Å². The number of hydrogen-bond donors (Lipinski definition) is 1. The van der Waals surface area contributed by atoms with Gasteiger partial charge in [0.05, 0.1) is 4.90 Å². The summed E-state index contributed by atoms with van der Waals surface area (Å²) in [6.07, 6.45) is 0. The van der Waals surface area contributed by atoms with Gasteiger partial charge in [0.15, 0.2) is 0 Å². The molecule has 0 saturated carbocycles. The maximum Gasteiger partial charge on any atom is 0.240 e. The summed E-state index contributed by atoms with van der Waals surface area (Å²) in [5.74, 6) is 0. The van der Waals surface area contributed by atoms with Gasteiger partial charge in [-0.15, -0.1) is 11.3 Å². The highest BCUT2D eigenvalue weighted by Crippen LogP contribution is 2.20. The van der Waals surface area contributed by atoms with Crippen molar-refractivity contribution in [1.29, 1.82) is 0 Å². The topological polar surface area (TPSA) is 46.2 Å². The van der Waals surface area contributed by atoms with Crippen LogP contribution in [0.5, 0.6) is 0 Å². The summed E-state index contributed by atoms with van der Waals surface area (Å²) in [7, 11) is -3.41. The first-order valence-corrected chi connectivity index (χ1v) is 7.89. The van der Waals surface area contributed by atoms with Gasteiger partial charge >= 0.3 is 0 Å². The SMILES string of the molecule is Cc1cc(CNS(=O)(=O)c2ccccc2)sc1C. The van der Waals surface area contributed by atoms with Crippen LogP contribution < -0.4 is 4.72 Å². The van der Waals surface area contributed by atoms with Crippen LogP contribution in [0.15, 0.2) is 41.3 Å². The summed E-state index contributed by atoms with van der Waals surface area (Å²) in [6, 6.07) is 10.4. The van der Waals surface area contributed by atoms with Crippen molar-refractivity contribution < 1.29 is 8.42 Å². The molecule has 18 heavy (non-hydrogen) atoms. The molecule has 0 aliphatic rings. The highest BCUT2D eigenvalue weighted by molar-refractivity contribution is 7.89. The number of hydrogen-bond acceptors (Lipinski definition) is 3. The maximum atomic E-state index is 12.0. The largest absolute Gasteiger partial charge is 0.240 e. The van der Waals surface area contributed by atoms with Gasteiger partial charge in [-0.2, -0.15) is 0 Å². The van der Waals surface area contributed by atoms with Crippen LogP contribution in [0.3, 0.4) is 0 Å². The van der Waals surface area contributed by atoms with Gasteiger partial charge < -0.3 is 0 Å². The first-order valence-electron chi connectivity index (χ1n) is 5.59. The lowest BCUT2D eigenvalue weighted by Crippen LogP contribution is -2.22. The molecule has 3 nitrogen and oxygen atoms in total. The number of benzene rings is 1. The van der Waals surface area contributed by atoms with Crippen molar-refractivity contribution in [2.24, 2.45) is 0 Å². The van der Waals surface area contributed by atoms with Crippen molar-refractivity contribution in [3.63, 3.8) is 0 Å². The minimum Gasteiger partial charge on any atom is -0.207 e. The second-order valence-corrected chi connectivity index (χ2v) is 7.20. The molecule has 0 spiro atoms. The molecule has 0 atom stereocenters. The molecule has 0 saturated heterocycles. The van der Waals surface area contributed by atoms with Crippen molar-refractivity contribution in [3.8, 4) is 0 Å². The number of sulfonamides is 1. The minimum atomic E-state index is -3.41. The van der Waals surface area contributed by atoms with Gasteiger partial charge in [0, 0.05) is 16.3 Å². The highest BCUT2D eigenvalue weighted by Gasteiger charge is 2.13. The summed E-state index contributed by atoms with van der Waals surface area (Å²) < 4.78 is 26.6. The molecule has 1 heterocycles. The van der Waals surface area contributed by atoms with Gasteiger partial charge in [-0.05, 0) is 37.6 Å². The Kier molecular flexibility index (Phi) is 3.85. The van der Waals surface area contributed by atoms with E-state index >= 15 is 0 Å². The summed E-state index contributed by atoms with van der Waals surface area (Å²) in [5, 5.41) is 0. The molecular formula is C13H15NO2S2. The van der Waals surface area contributed by atoms with Crippen LogP contribution >= 0.6 is 11.3 Å². The Morgan fingerprint density at radius 1 is 1.17 bits per heavy atom. The van der Waals surface area contributed by atoms with Crippen molar-refractivity contribution in [1.82, 2.24) is 4.72 Å². The molecule has 0 amide bonds. The van der Waals surface area contributed by atoms with E-state index in [2.05, 4.69) is 4.72 Å². The normalized spacial score (nSPS) is 11.7. The van der Waals surface area contributed by atoms with Gasteiger partial charge in [0.25, 0.3) is 0 Å². The molecule has 0 radical (unpaired) electrons. The smallest absolute Gasteiger partial charge is 0.207 e. The molecule has 0 aliphatic heterocycles. The standard InChI is InChI=1S/C13H15NO2S2/c1-10-8-12(17-11(10)2)9-14-18(15,16)13-6-4-3-5-7-13/h3-8,14H,9H2,1-2H3. The van der Waals surface area contributed by atoms with Crippen LogP contribution in [-0.4, -0.2) is 8.42 Å². The molecule has 1 aromatic heterocycles. The Labute approximate surface area is 112 Å². The predicted octanol–water partition coefficient (Wildman–Crippen LogP) is 2.84. The van der Waals surface area contributed by atoms with E-state index in [-0.39, 0.29) is 0 Å². The summed E-state index contributed by atoms with van der Waals surface area (Å²) >= 11 is 1.62. The molecule has 0 bridgehead atoms. The lowest BCUT2D eigenvalue weighted by atomic mass is 10.3. The minimum absolute atomic E-state index is 0.301. The van der Waals surface area contributed by atoms with Crippen LogP contribution in [0, 0.1) is 13.8 Å². The van der Waals surface area contributed by atoms with Gasteiger partial charge in [-0.3, -0.25) is 0 Å². The predicted molar refractivity (Wildman–Crippen MR) is 74.3 cm³/mol. The molecule has 0 aliphatic carbocycles. The second-order valence-electron chi connectivity index (χ2n) is 4.09. The lowest BCUT2D eigenvalue weighted by molar-refractivity contribution is 0.582. The van der Waals surface area contributed by atoms with Crippen LogP contribution in [0.2, 0.25) is 0 Å². The Hall–Kier alpha value is -1.17. The first-order chi connectivity index (χ1) is 8.49. The Morgan fingerprint density at radius 3 is 2.39 bits per heavy atom. The van der Waals surface area contributed by atoms with E-state index in [1.807, 2.05) is 19.9 Å². The van der Waals surface area contributed by atoms with E-state index in [1.54, 1.807) is 41.7 Å². The molecule has 0 unspecified atom stereocenters. The molecular weight excluding hydrogens is 266 g/mol. The van der Waals surface area contributed by atoms with Gasteiger partial charge in [0.2, 0.25) is 10.0 Å². The third kappa shape index (κ3) is 2.98. The van der Waals surface area contributed by atoms with Crippen LogP contribution in [0.4, 0.5) is 0 Å². The summed E-state index contributed by atoms with van der Waals surface area (Å²) in [4.78, 5) is 2.56. The fourth-order valence-corrected chi connectivity index (χ4v) is 3.70. The van der Waals surface area contributed by atoms with Gasteiger partial charge in [-0.1, -0.05) is 18.2 Å². The Morgan fingerprint density at radius 2 is 1.83 bits per heavy atom. The quantitative estimate of drug-likeness (QED) is 0.936. The van der Waals surface area contributed by atoms with Crippen molar-refractivity contribution >= 4 is 21.4 Å². The molecule has 96 valence electrons.